The molecule has 0 unspecified atom stereocenters. The number of nitrogens with zero attached hydrogens (tertiary/aromatic N) is 4. The Morgan fingerprint density at radius 3 is 2.38 bits per heavy atom. The van der Waals surface area contributed by atoms with Crippen LogP contribution in [0.15, 0.2) is 15.4 Å². The number of carboxylic acid groups (broad SMARTS) is 1. The lowest BCUT2D eigenvalue weighted by Gasteiger charge is -2.40. The Kier molecular flexibility index (Phi) is 5.00. The number of piperazine rings is 1. The Hall–Kier alpha value is -1.89. The molecule has 1 amide bonds. The van der Waals surface area contributed by atoms with Gasteiger partial charge in [0.25, 0.3) is 0 Å². The third-order valence-corrected chi connectivity index (χ3v) is 6.83. The lowest BCUT2D eigenvalue weighted by atomic mass is 10.1. The summed E-state index contributed by atoms with van der Waals surface area (Å²) in [5.41, 5.74) is -5.10. The minimum absolute atomic E-state index is 0.0511. The molecule has 3 heterocycles. The molecule has 0 aliphatic carbocycles. The summed E-state index contributed by atoms with van der Waals surface area (Å²) in [5.74, 6) is -1.17. The second kappa shape index (κ2) is 7.11. The Bertz CT molecular complexity index is 994. The summed E-state index contributed by atoms with van der Waals surface area (Å²) in [5, 5.41) is 9.29. The first-order valence-electron chi connectivity index (χ1n) is 8.42. The first-order valence-corrected chi connectivity index (χ1v) is 10.0. The molecule has 29 heavy (non-hydrogen) atoms. The average Bonchev–Trinajstić information content (AvgIpc) is 2.89. The summed E-state index contributed by atoms with van der Waals surface area (Å²) in [6.45, 7) is 0.349. The van der Waals surface area contributed by atoms with E-state index in [1.807, 2.05) is 0 Å². The van der Waals surface area contributed by atoms with Crippen molar-refractivity contribution in [1.82, 2.24) is 14.9 Å². The highest BCUT2D eigenvalue weighted by atomic mass is 79.9. The number of alkyl halides is 3. The van der Waals surface area contributed by atoms with Gasteiger partial charge in [0.05, 0.1) is 16.6 Å². The van der Waals surface area contributed by atoms with Gasteiger partial charge in [0.2, 0.25) is 0 Å². The quantitative estimate of drug-likeness (QED) is 0.370. The van der Waals surface area contributed by atoms with Gasteiger partial charge in [0, 0.05) is 23.4 Å². The maximum Gasteiger partial charge on any atom is 0.446 e. The van der Waals surface area contributed by atoms with Gasteiger partial charge in [0.1, 0.15) is 11.3 Å². The van der Waals surface area contributed by atoms with Crippen LogP contribution in [0.3, 0.4) is 0 Å². The molecule has 0 radical (unpaired) electrons. The van der Waals surface area contributed by atoms with E-state index in [1.54, 1.807) is 4.90 Å². The van der Waals surface area contributed by atoms with Crippen molar-refractivity contribution in [1.29, 1.82) is 0 Å². The number of hydrogen-bond acceptors (Lipinski definition) is 5. The van der Waals surface area contributed by atoms with E-state index in [9.17, 15) is 31.9 Å². The van der Waals surface area contributed by atoms with Gasteiger partial charge >= 0.3 is 17.7 Å². The lowest BCUT2D eigenvalue weighted by molar-refractivity contribution is -0.0328. The maximum atomic E-state index is 14.7. The number of anilines is 1. The van der Waals surface area contributed by atoms with Gasteiger partial charge in [-0.25, -0.2) is 9.18 Å². The number of thioether (sulfide) groups is 1. The van der Waals surface area contributed by atoms with E-state index in [2.05, 4.69) is 25.9 Å². The van der Waals surface area contributed by atoms with Crippen LogP contribution in [0.5, 0.6) is 0 Å². The smallest absolute Gasteiger partial charge is 0.446 e. The second-order valence-corrected chi connectivity index (χ2v) is 8.64. The molecule has 2 atom stereocenters. The second-order valence-electron chi connectivity index (χ2n) is 6.74. The molecule has 2 aliphatic heterocycles. The third-order valence-electron chi connectivity index (χ3n) is 5.02. The van der Waals surface area contributed by atoms with E-state index < -0.39 is 50.1 Å². The Morgan fingerprint density at radius 1 is 1.21 bits per heavy atom. The molecule has 1 N–H and O–H groups in total. The third kappa shape index (κ3) is 3.69. The summed E-state index contributed by atoms with van der Waals surface area (Å²) >= 11 is 2.28. The SMILES string of the molecule is O=C(O)N1[C@@H]2CC[C@H]1CN(c1nc(F)nc3c(F)c(Br)c(SC(F)(F)F)cc13)C2. The molecule has 2 aliphatic rings. The number of carbonyl (C=O) groups is 1. The van der Waals surface area contributed by atoms with E-state index in [0.29, 0.717) is 12.8 Å². The standard InChI is InChI=1S/C16H12BrF5N4O2S/c17-10-9(29-16(20,21)22)3-8-12(11(10)18)23-14(19)24-13(8)25-4-6-1-2-7(5-25)26(6)15(27)28/h3,6-7H,1-2,4-5H2,(H,27,28)/t6-,7+. The Morgan fingerprint density at radius 2 is 1.83 bits per heavy atom. The molecular formula is C16H12BrF5N4O2S. The van der Waals surface area contributed by atoms with Crippen molar-refractivity contribution in [2.75, 3.05) is 18.0 Å². The molecule has 2 aromatic rings. The highest BCUT2D eigenvalue weighted by molar-refractivity contribution is 9.10. The van der Waals surface area contributed by atoms with Gasteiger partial charge in [-0.3, -0.25) is 4.90 Å². The van der Waals surface area contributed by atoms with Crippen LogP contribution in [0.25, 0.3) is 10.9 Å². The van der Waals surface area contributed by atoms with Crippen LogP contribution in [0.4, 0.5) is 32.6 Å². The van der Waals surface area contributed by atoms with Crippen molar-refractivity contribution in [2.45, 2.75) is 35.3 Å². The van der Waals surface area contributed by atoms with Crippen molar-refractivity contribution < 1.29 is 31.9 Å². The fourth-order valence-corrected chi connectivity index (χ4v) is 5.12. The number of fused-ring (bicyclic) bond motifs is 3. The van der Waals surface area contributed by atoms with Crippen LogP contribution < -0.4 is 4.90 Å². The first-order chi connectivity index (χ1) is 13.5. The fraction of sp³-hybridized carbons (Fsp3) is 0.438. The van der Waals surface area contributed by atoms with E-state index in [1.165, 1.54) is 4.90 Å². The summed E-state index contributed by atoms with van der Waals surface area (Å²) in [4.78, 5) is 21.1. The summed E-state index contributed by atoms with van der Waals surface area (Å²) in [7, 11) is 0. The molecule has 4 rings (SSSR count). The predicted molar refractivity (Wildman–Crippen MR) is 98.0 cm³/mol. The molecule has 13 heteroatoms. The highest BCUT2D eigenvalue weighted by Gasteiger charge is 2.43. The summed E-state index contributed by atoms with van der Waals surface area (Å²) in [6.07, 6.45) is -1.07. The maximum absolute atomic E-state index is 14.7. The first kappa shape index (κ1) is 20.4. The normalized spacial score (nSPS) is 21.9. The molecule has 1 aromatic heterocycles. The molecule has 156 valence electrons. The number of aromatic nitrogens is 2. The summed E-state index contributed by atoms with van der Waals surface area (Å²) in [6, 6.07) is 0.355. The minimum atomic E-state index is -4.66. The van der Waals surface area contributed by atoms with Gasteiger partial charge in [-0.2, -0.15) is 27.5 Å². The molecule has 2 fully saturated rings. The van der Waals surface area contributed by atoms with Crippen LogP contribution in [0.2, 0.25) is 0 Å². The van der Waals surface area contributed by atoms with Gasteiger partial charge < -0.3 is 10.0 Å². The predicted octanol–water partition coefficient (Wildman–Crippen LogP) is 4.61. The molecular weight excluding hydrogens is 487 g/mol. The number of hydrogen-bond donors (Lipinski definition) is 1. The molecule has 2 saturated heterocycles. The van der Waals surface area contributed by atoms with Crippen molar-refractivity contribution in [3.63, 3.8) is 0 Å². The van der Waals surface area contributed by atoms with Crippen LogP contribution in [0.1, 0.15) is 12.8 Å². The fourth-order valence-electron chi connectivity index (χ4n) is 3.97. The van der Waals surface area contributed by atoms with E-state index in [-0.39, 0.29) is 36.4 Å². The van der Waals surface area contributed by atoms with Crippen molar-refractivity contribution in [3.8, 4) is 0 Å². The average molecular weight is 499 g/mol. The van der Waals surface area contributed by atoms with Crippen molar-refractivity contribution >= 4 is 50.5 Å². The van der Waals surface area contributed by atoms with Gasteiger partial charge in [-0.1, -0.05) is 0 Å². The van der Waals surface area contributed by atoms with E-state index >= 15 is 0 Å². The van der Waals surface area contributed by atoms with Gasteiger partial charge in [-0.05, 0) is 46.6 Å². The van der Waals surface area contributed by atoms with Crippen LogP contribution >= 0.6 is 27.7 Å². The van der Waals surface area contributed by atoms with Crippen molar-refractivity contribution in [3.05, 3.63) is 22.4 Å². The zero-order valence-corrected chi connectivity index (χ0v) is 16.8. The Balaban J connectivity index is 1.82. The van der Waals surface area contributed by atoms with Crippen LogP contribution in [-0.2, 0) is 0 Å². The summed E-state index contributed by atoms with van der Waals surface area (Å²) < 4.78 is 66.8. The van der Waals surface area contributed by atoms with Gasteiger partial charge in [0.15, 0.2) is 5.82 Å². The zero-order chi connectivity index (χ0) is 21.1. The molecule has 0 saturated carbocycles. The largest absolute Gasteiger partial charge is 0.465 e. The Labute approximate surface area is 173 Å². The van der Waals surface area contributed by atoms with Crippen LogP contribution in [-0.4, -0.2) is 56.7 Å². The lowest BCUT2D eigenvalue weighted by Crippen LogP contribution is -2.55. The highest BCUT2D eigenvalue weighted by Crippen LogP contribution is 2.44. The number of benzene rings is 1. The number of rotatable bonds is 2. The molecule has 2 bridgehead atoms. The van der Waals surface area contributed by atoms with Gasteiger partial charge in [-0.15, -0.1) is 0 Å². The number of halogens is 6. The minimum Gasteiger partial charge on any atom is -0.465 e. The van der Waals surface area contributed by atoms with Crippen LogP contribution in [0, 0.1) is 11.9 Å². The number of amides is 1. The molecule has 6 nitrogen and oxygen atoms in total. The van der Waals surface area contributed by atoms with E-state index in [4.69, 9.17) is 0 Å². The molecule has 0 spiro atoms. The topological polar surface area (TPSA) is 69.6 Å². The van der Waals surface area contributed by atoms with Crippen molar-refractivity contribution in [2.24, 2.45) is 0 Å². The zero-order valence-electron chi connectivity index (χ0n) is 14.4. The monoisotopic (exact) mass is 498 g/mol. The molecule has 1 aromatic carbocycles. The van der Waals surface area contributed by atoms with E-state index in [0.717, 1.165) is 6.07 Å².